The van der Waals surface area contributed by atoms with Gasteiger partial charge in [-0.1, -0.05) is 74.0 Å². The van der Waals surface area contributed by atoms with E-state index in [1.807, 2.05) is 67.6 Å². The van der Waals surface area contributed by atoms with E-state index in [0.717, 1.165) is 16.7 Å². The van der Waals surface area contributed by atoms with Crippen LogP contribution in [0.3, 0.4) is 0 Å². The maximum atomic E-state index is 12.8. The molecule has 4 aromatic rings. The van der Waals surface area contributed by atoms with Crippen molar-refractivity contribution in [2.24, 2.45) is 0 Å². The molecule has 1 aromatic heterocycles. The second-order valence-corrected chi connectivity index (χ2v) is 7.97. The number of benzene rings is 3. The van der Waals surface area contributed by atoms with Gasteiger partial charge < -0.3 is 19.2 Å². The van der Waals surface area contributed by atoms with Gasteiger partial charge in [0.25, 0.3) is 0 Å². The Morgan fingerprint density at radius 3 is 2.37 bits per heavy atom. The molecule has 4 rings (SSSR count). The SMILES string of the molecule is CCC[C@@H](NC(=O)OCc1ccccc1)C(=O)Oc1ccc2c(-c3ccccc3)cc(=O)oc2c1. The van der Waals surface area contributed by atoms with Crippen molar-refractivity contribution in [1.82, 2.24) is 5.32 Å². The number of alkyl carbamates (subject to hydrolysis) is 1. The minimum atomic E-state index is -0.887. The quantitative estimate of drug-likeness (QED) is 0.208. The third-order valence-electron chi connectivity index (χ3n) is 5.39. The molecule has 7 heteroatoms. The molecular formula is C28H25NO6. The highest BCUT2D eigenvalue weighted by Gasteiger charge is 2.23. The van der Waals surface area contributed by atoms with Gasteiger partial charge >= 0.3 is 17.7 Å². The zero-order valence-electron chi connectivity index (χ0n) is 19.2. The first-order valence-electron chi connectivity index (χ1n) is 11.4. The standard InChI is InChI=1S/C28H25NO6/c1-2-9-24(29-28(32)33-18-19-10-5-3-6-11-19)27(31)34-21-14-15-22-23(20-12-7-4-8-13-20)17-26(30)35-25(22)16-21/h3-8,10-17,24H,2,9,18H2,1H3,(H,29,32)/t24-/m1/s1. The lowest BCUT2D eigenvalue weighted by Gasteiger charge is -2.17. The zero-order chi connectivity index (χ0) is 24.6. The highest BCUT2D eigenvalue weighted by atomic mass is 16.6. The number of rotatable bonds is 8. The molecule has 0 saturated heterocycles. The summed E-state index contributed by atoms with van der Waals surface area (Å²) in [6.07, 6.45) is 0.313. The number of nitrogens with one attached hydrogen (secondary N) is 1. The van der Waals surface area contributed by atoms with Crippen molar-refractivity contribution in [3.63, 3.8) is 0 Å². The van der Waals surface area contributed by atoms with Gasteiger partial charge in [0.05, 0.1) is 0 Å². The van der Waals surface area contributed by atoms with Crippen LogP contribution in [0.2, 0.25) is 0 Å². The number of carbonyl (C=O) groups excluding carboxylic acids is 2. The minimum absolute atomic E-state index is 0.0913. The lowest BCUT2D eigenvalue weighted by molar-refractivity contribution is -0.136. The summed E-state index contributed by atoms with van der Waals surface area (Å²) < 4.78 is 16.1. The van der Waals surface area contributed by atoms with Gasteiger partial charge in [0.1, 0.15) is 24.0 Å². The summed E-state index contributed by atoms with van der Waals surface area (Å²) in [6.45, 7) is 1.99. The van der Waals surface area contributed by atoms with Gasteiger partial charge in [-0.25, -0.2) is 14.4 Å². The van der Waals surface area contributed by atoms with Crippen LogP contribution in [0.15, 0.2) is 94.1 Å². The average molecular weight is 472 g/mol. The van der Waals surface area contributed by atoms with Crippen LogP contribution in [-0.2, 0) is 16.1 Å². The third-order valence-corrected chi connectivity index (χ3v) is 5.39. The van der Waals surface area contributed by atoms with E-state index >= 15 is 0 Å². The van der Waals surface area contributed by atoms with Crippen LogP contribution in [0, 0.1) is 0 Å². The first-order valence-corrected chi connectivity index (χ1v) is 11.4. The van der Waals surface area contributed by atoms with Crippen LogP contribution in [-0.4, -0.2) is 18.1 Å². The van der Waals surface area contributed by atoms with Gasteiger partial charge in [0.2, 0.25) is 0 Å². The molecule has 0 unspecified atom stereocenters. The van der Waals surface area contributed by atoms with Crippen LogP contribution >= 0.6 is 0 Å². The molecule has 0 spiro atoms. The van der Waals surface area contributed by atoms with E-state index in [2.05, 4.69) is 5.32 Å². The Bertz CT molecular complexity index is 1360. The lowest BCUT2D eigenvalue weighted by atomic mass is 10.0. The lowest BCUT2D eigenvalue weighted by Crippen LogP contribution is -2.43. The Labute approximate surface area is 202 Å². The molecular weight excluding hydrogens is 446 g/mol. The van der Waals surface area contributed by atoms with Crippen molar-refractivity contribution in [3.8, 4) is 16.9 Å². The fourth-order valence-corrected chi connectivity index (χ4v) is 3.70. The van der Waals surface area contributed by atoms with Gasteiger partial charge in [0, 0.05) is 17.5 Å². The fourth-order valence-electron chi connectivity index (χ4n) is 3.70. The summed E-state index contributed by atoms with van der Waals surface area (Å²) in [6, 6.07) is 24.1. The van der Waals surface area contributed by atoms with Gasteiger partial charge in [-0.3, -0.25) is 0 Å². The molecule has 7 nitrogen and oxygen atoms in total. The second kappa shape index (κ2) is 11.2. The minimum Gasteiger partial charge on any atom is -0.445 e. The number of ether oxygens (including phenoxy) is 2. The summed E-state index contributed by atoms with van der Waals surface area (Å²) >= 11 is 0. The van der Waals surface area contributed by atoms with Gasteiger partial charge in [-0.05, 0) is 35.2 Å². The first kappa shape index (κ1) is 23.8. The fraction of sp³-hybridized carbons (Fsp3) is 0.179. The predicted octanol–water partition coefficient (Wildman–Crippen LogP) is 5.46. The molecule has 0 aliphatic rings. The van der Waals surface area contributed by atoms with Crippen molar-refractivity contribution >= 4 is 23.0 Å². The van der Waals surface area contributed by atoms with E-state index in [-0.39, 0.29) is 12.4 Å². The van der Waals surface area contributed by atoms with Crippen molar-refractivity contribution in [2.45, 2.75) is 32.4 Å². The summed E-state index contributed by atoms with van der Waals surface area (Å²) in [5, 5.41) is 3.29. The molecule has 1 amide bonds. The first-order chi connectivity index (χ1) is 17.0. The molecule has 0 radical (unpaired) electrons. The molecule has 0 aliphatic carbocycles. The number of esters is 1. The number of hydrogen-bond donors (Lipinski definition) is 1. The number of amides is 1. The van der Waals surface area contributed by atoms with Crippen LogP contribution in [0.4, 0.5) is 4.79 Å². The molecule has 0 saturated carbocycles. The summed E-state index contributed by atoms with van der Waals surface area (Å²) in [5.41, 5.74) is 2.22. The van der Waals surface area contributed by atoms with Crippen molar-refractivity contribution < 1.29 is 23.5 Å². The normalized spacial score (nSPS) is 11.6. The monoisotopic (exact) mass is 471 g/mol. The number of fused-ring (bicyclic) bond motifs is 1. The Morgan fingerprint density at radius 2 is 1.66 bits per heavy atom. The third kappa shape index (κ3) is 6.14. The maximum Gasteiger partial charge on any atom is 0.408 e. The highest BCUT2D eigenvalue weighted by Crippen LogP contribution is 2.29. The summed E-state index contributed by atoms with van der Waals surface area (Å²) in [7, 11) is 0. The van der Waals surface area contributed by atoms with E-state index in [0.29, 0.717) is 23.8 Å². The van der Waals surface area contributed by atoms with Crippen LogP contribution in [0.5, 0.6) is 5.75 Å². The number of hydrogen-bond acceptors (Lipinski definition) is 6. The topological polar surface area (TPSA) is 94.8 Å². The number of carbonyl (C=O) groups is 2. The van der Waals surface area contributed by atoms with Crippen molar-refractivity contribution in [3.05, 3.63) is 101 Å². The van der Waals surface area contributed by atoms with Gasteiger partial charge in [-0.2, -0.15) is 0 Å². The molecule has 1 heterocycles. The predicted molar refractivity (Wildman–Crippen MR) is 132 cm³/mol. The highest BCUT2D eigenvalue weighted by molar-refractivity contribution is 5.94. The Morgan fingerprint density at radius 1 is 0.943 bits per heavy atom. The Hall–Kier alpha value is -4.39. The second-order valence-electron chi connectivity index (χ2n) is 7.97. The molecule has 178 valence electrons. The van der Waals surface area contributed by atoms with E-state index < -0.39 is 23.7 Å². The zero-order valence-corrected chi connectivity index (χ0v) is 19.2. The molecule has 1 N–H and O–H groups in total. The van der Waals surface area contributed by atoms with Gasteiger partial charge in [-0.15, -0.1) is 0 Å². The Kier molecular flexibility index (Phi) is 7.57. The summed E-state index contributed by atoms with van der Waals surface area (Å²) in [4.78, 5) is 37.2. The maximum absolute atomic E-state index is 12.8. The molecule has 0 aliphatic heterocycles. The molecule has 3 aromatic carbocycles. The van der Waals surface area contributed by atoms with Crippen molar-refractivity contribution in [1.29, 1.82) is 0 Å². The van der Waals surface area contributed by atoms with Crippen LogP contribution in [0.1, 0.15) is 25.3 Å². The molecule has 0 bridgehead atoms. The molecule has 0 fully saturated rings. The average Bonchev–Trinajstić information content (AvgIpc) is 2.87. The Balaban J connectivity index is 1.47. The largest absolute Gasteiger partial charge is 0.445 e. The molecule has 1 atom stereocenters. The van der Waals surface area contributed by atoms with Gasteiger partial charge in [0.15, 0.2) is 0 Å². The van der Waals surface area contributed by atoms with E-state index in [4.69, 9.17) is 13.9 Å². The molecule has 35 heavy (non-hydrogen) atoms. The van der Waals surface area contributed by atoms with E-state index in [1.165, 1.54) is 12.1 Å². The smallest absolute Gasteiger partial charge is 0.408 e. The van der Waals surface area contributed by atoms with E-state index in [1.54, 1.807) is 12.1 Å². The van der Waals surface area contributed by atoms with E-state index in [9.17, 15) is 14.4 Å². The van der Waals surface area contributed by atoms with Crippen molar-refractivity contribution in [2.75, 3.05) is 0 Å². The van der Waals surface area contributed by atoms with Crippen LogP contribution in [0.25, 0.3) is 22.1 Å². The van der Waals surface area contributed by atoms with Crippen LogP contribution < -0.4 is 15.7 Å². The summed E-state index contributed by atoms with van der Waals surface area (Å²) in [5.74, 6) is -0.430.